The second kappa shape index (κ2) is 5.71. The SMILES string of the molecule is CCCCOc1c(C)cccc1C(N)=S. The Morgan fingerprint density at radius 2 is 2.20 bits per heavy atom. The van der Waals surface area contributed by atoms with Gasteiger partial charge >= 0.3 is 0 Å². The largest absolute Gasteiger partial charge is 0.493 e. The minimum Gasteiger partial charge on any atom is -0.493 e. The normalized spacial score (nSPS) is 10.0. The fourth-order valence-corrected chi connectivity index (χ4v) is 1.52. The highest BCUT2D eigenvalue weighted by Crippen LogP contribution is 2.23. The van der Waals surface area contributed by atoms with Crippen LogP contribution in [-0.2, 0) is 0 Å². The van der Waals surface area contributed by atoms with Crippen LogP contribution in [0.4, 0.5) is 0 Å². The highest BCUT2D eigenvalue weighted by Gasteiger charge is 2.08. The molecule has 82 valence electrons. The molecule has 0 amide bonds. The molecule has 0 heterocycles. The maximum absolute atomic E-state index is 5.70. The second-order valence-electron chi connectivity index (χ2n) is 3.52. The molecule has 0 fully saturated rings. The minimum atomic E-state index is 0.394. The molecule has 0 aliphatic carbocycles. The first-order chi connectivity index (χ1) is 7.16. The Labute approximate surface area is 96.4 Å². The van der Waals surface area contributed by atoms with E-state index in [1.165, 1.54) is 0 Å². The van der Waals surface area contributed by atoms with Crippen molar-refractivity contribution in [3.05, 3.63) is 29.3 Å². The summed E-state index contributed by atoms with van der Waals surface area (Å²) in [6, 6.07) is 5.84. The van der Waals surface area contributed by atoms with E-state index in [4.69, 9.17) is 22.7 Å². The molecule has 2 nitrogen and oxygen atoms in total. The molecule has 0 radical (unpaired) electrons. The van der Waals surface area contributed by atoms with Crippen LogP contribution in [-0.4, -0.2) is 11.6 Å². The van der Waals surface area contributed by atoms with Crippen LogP contribution in [0.3, 0.4) is 0 Å². The Kier molecular flexibility index (Phi) is 4.56. The van der Waals surface area contributed by atoms with Gasteiger partial charge in [-0.05, 0) is 25.0 Å². The average molecular weight is 223 g/mol. The summed E-state index contributed by atoms with van der Waals surface area (Å²) in [6.45, 7) is 4.86. The van der Waals surface area contributed by atoms with Crippen LogP contribution >= 0.6 is 12.2 Å². The number of nitrogens with two attached hydrogens (primary N) is 1. The lowest BCUT2D eigenvalue weighted by Crippen LogP contribution is -2.12. The summed E-state index contributed by atoms with van der Waals surface area (Å²) >= 11 is 4.99. The highest BCUT2D eigenvalue weighted by molar-refractivity contribution is 7.80. The van der Waals surface area contributed by atoms with Gasteiger partial charge in [0.2, 0.25) is 0 Å². The molecule has 0 aliphatic rings. The van der Waals surface area contributed by atoms with E-state index in [0.29, 0.717) is 4.99 Å². The number of unbranched alkanes of at least 4 members (excludes halogenated alkanes) is 1. The topological polar surface area (TPSA) is 35.2 Å². The zero-order valence-electron chi connectivity index (χ0n) is 9.25. The minimum absolute atomic E-state index is 0.394. The Bertz CT molecular complexity index is 349. The van der Waals surface area contributed by atoms with Gasteiger partial charge in [0.1, 0.15) is 10.7 Å². The van der Waals surface area contributed by atoms with Gasteiger partial charge in [0.05, 0.1) is 12.2 Å². The molecule has 0 spiro atoms. The van der Waals surface area contributed by atoms with Crippen molar-refractivity contribution in [2.45, 2.75) is 26.7 Å². The van der Waals surface area contributed by atoms with Crippen LogP contribution in [0.25, 0.3) is 0 Å². The van der Waals surface area contributed by atoms with Gasteiger partial charge in [-0.3, -0.25) is 0 Å². The predicted molar refractivity (Wildman–Crippen MR) is 67.5 cm³/mol. The van der Waals surface area contributed by atoms with Crippen molar-refractivity contribution in [1.82, 2.24) is 0 Å². The summed E-state index contributed by atoms with van der Waals surface area (Å²) in [7, 11) is 0. The molecule has 1 aromatic carbocycles. The van der Waals surface area contributed by atoms with E-state index in [1.54, 1.807) is 0 Å². The molecule has 1 aromatic rings. The summed E-state index contributed by atoms with van der Waals surface area (Å²) in [5.74, 6) is 0.832. The first-order valence-corrected chi connectivity index (χ1v) is 5.59. The average Bonchev–Trinajstić information content (AvgIpc) is 2.20. The van der Waals surface area contributed by atoms with Gasteiger partial charge in [-0.1, -0.05) is 37.7 Å². The second-order valence-corrected chi connectivity index (χ2v) is 3.96. The molecule has 15 heavy (non-hydrogen) atoms. The van der Waals surface area contributed by atoms with E-state index in [2.05, 4.69) is 6.92 Å². The first-order valence-electron chi connectivity index (χ1n) is 5.19. The third-order valence-corrected chi connectivity index (χ3v) is 2.44. The van der Waals surface area contributed by atoms with Crippen molar-refractivity contribution < 1.29 is 4.74 Å². The smallest absolute Gasteiger partial charge is 0.132 e. The van der Waals surface area contributed by atoms with Crippen molar-refractivity contribution in [2.75, 3.05) is 6.61 Å². The molecule has 0 aromatic heterocycles. The number of para-hydroxylation sites is 1. The molecule has 1 rings (SSSR count). The van der Waals surface area contributed by atoms with Gasteiger partial charge in [0, 0.05) is 0 Å². The zero-order valence-corrected chi connectivity index (χ0v) is 10.1. The number of thiocarbonyl (C=S) groups is 1. The number of aryl methyl sites for hydroxylation is 1. The van der Waals surface area contributed by atoms with Crippen LogP contribution in [0.1, 0.15) is 30.9 Å². The van der Waals surface area contributed by atoms with Crippen molar-refractivity contribution in [1.29, 1.82) is 0 Å². The lowest BCUT2D eigenvalue weighted by atomic mass is 10.1. The zero-order chi connectivity index (χ0) is 11.3. The highest BCUT2D eigenvalue weighted by atomic mass is 32.1. The third-order valence-electron chi connectivity index (χ3n) is 2.22. The Morgan fingerprint density at radius 3 is 2.80 bits per heavy atom. The maximum atomic E-state index is 5.70. The van der Waals surface area contributed by atoms with Crippen LogP contribution in [0.5, 0.6) is 5.75 Å². The van der Waals surface area contributed by atoms with Gasteiger partial charge in [0.25, 0.3) is 0 Å². The summed E-state index contributed by atoms with van der Waals surface area (Å²) in [4.78, 5) is 0.394. The lowest BCUT2D eigenvalue weighted by molar-refractivity contribution is 0.307. The molecule has 3 heteroatoms. The molecule has 0 bridgehead atoms. The predicted octanol–water partition coefficient (Wildman–Crippen LogP) is 2.81. The van der Waals surface area contributed by atoms with Crippen molar-refractivity contribution in [3.63, 3.8) is 0 Å². The third kappa shape index (κ3) is 3.20. The van der Waals surface area contributed by atoms with Crippen LogP contribution in [0, 0.1) is 6.92 Å². The Balaban J connectivity index is 2.87. The molecule has 2 N–H and O–H groups in total. The number of hydrogen-bond acceptors (Lipinski definition) is 2. The molecule has 0 saturated carbocycles. The van der Waals surface area contributed by atoms with Gasteiger partial charge in [-0.2, -0.15) is 0 Å². The quantitative estimate of drug-likeness (QED) is 0.616. The molecular formula is C12H17NOS. The molecular weight excluding hydrogens is 206 g/mol. The number of ether oxygens (including phenoxy) is 1. The van der Waals surface area contributed by atoms with E-state index < -0.39 is 0 Å². The van der Waals surface area contributed by atoms with E-state index >= 15 is 0 Å². The monoisotopic (exact) mass is 223 g/mol. The van der Waals surface area contributed by atoms with Crippen molar-refractivity contribution >= 4 is 17.2 Å². The molecule has 0 aliphatic heterocycles. The number of rotatable bonds is 5. The molecule has 0 unspecified atom stereocenters. The number of hydrogen-bond donors (Lipinski definition) is 1. The van der Waals surface area contributed by atoms with Crippen LogP contribution < -0.4 is 10.5 Å². The molecule has 0 atom stereocenters. The fourth-order valence-electron chi connectivity index (χ4n) is 1.36. The number of benzene rings is 1. The fraction of sp³-hybridized carbons (Fsp3) is 0.417. The first kappa shape index (κ1) is 12.0. The summed E-state index contributed by atoms with van der Waals surface area (Å²) in [6.07, 6.45) is 2.17. The van der Waals surface area contributed by atoms with Crippen molar-refractivity contribution in [2.24, 2.45) is 5.73 Å². The van der Waals surface area contributed by atoms with E-state index in [1.807, 2.05) is 25.1 Å². The van der Waals surface area contributed by atoms with Crippen molar-refractivity contribution in [3.8, 4) is 5.75 Å². The molecule has 0 saturated heterocycles. The van der Waals surface area contributed by atoms with Gasteiger partial charge in [-0.25, -0.2) is 0 Å². The standard InChI is InChI=1S/C12H17NOS/c1-3-4-8-14-11-9(2)6-5-7-10(11)12(13)15/h5-7H,3-4,8H2,1-2H3,(H2,13,15). The summed E-state index contributed by atoms with van der Waals surface area (Å²) in [5, 5.41) is 0. The summed E-state index contributed by atoms with van der Waals surface area (Å²) < 4.78 is 5.70. The van der Waals surface area contributed by atoms with Crippen LogP contribution in [0.15, 0.2) is 18.2 Å². The lowest BCUT2D eigenvalue weighted by Gasteiger charge is -2.12. The summed E-state index contributed by atoms with van der Waals surface area (Å²) in [5.41, 5.74) is 7.55. The van der Waals surface area contributed by atoms with E-state index in [0.717, 1.165) is 36.3 Å². The van der Waals surface area contributed by atoms with Gasteiger partial charge in [0.15, 0.2) is 0 Å². The van der Waals surface area contributed by atoms with Gasteiger partial charge in [-0.15, -0.1) is 0 Å². The van der Waals surface area contributed by atoms with E-state index in [-0.39, 0.29) is 0 Å². The van der Waals surface area contributed by atoms with Gasteiger partial charge < -0.3 is 10.5 Å². The van der Waals surface area contributed by atoms with E-state index in [9.17, 15) is 0 Å². The maximum Gasteiger partial charge on any atom is 0.132 e. The Morgan fingerprint density at radius 1 is 1.47 bits per heavy atom. The Hall–Kier alpha value is -1.09. The van der Waals surface area contributed by atoms with Crippen LogP contribution in [0.2, 0.25) is 0 Å².